The monoisotopic (exact) mass is 251 g/mol. The van der Waals surface area contributed by atoms with Crippen molar-refractivity contribution in [2.24, 2.45) is 5.92 Å². The summed E-state index contributed by atoms with van der Waals surface area (Å²) in [4.78, 5) is 22.4. The van der Waals surface area contributed by atoms with Crippen molar-refractivity contribution in [3.8, 4) is 0 Å². The van der Waals surface area contributed by atoms with Crippen LogP contribution in [0.5, 0.6) is 0 Å². The van der Waals surface area contributed by atoms with Crippen LogP contribution in [0.1, 0.15) is 12.8 Å². The van der Waals surface area contributed by atoms with Gasteiger partial charge in [-0.25, -0.2) is 4.98 Å². The van der Waals surface area contributed by atoms with E-state index in [2.05, 4.69) is 21.9 Å². The van der Waals surface area contributed by atoms with Crippen molar-refractivity contribution < 1.29 is 0 Å². The average molecular weight is 251 g/mol. The Balaban J connectivity index is 2.01. The van der Waals surface area contributed by atoms with Crippen LogP contribution in [-0.4, -0.2) is 48.6 Å². The largest absolute Gasteiger partial charge is 0.391 e. The van der Waals surface area contributed by atoms with Crippen molar-refractivity contribution in [1.82, 2.24) is 14.9 Å². The number of hydrogen-bond donors (Lipinski definition) is 2. The van der Waals surface area contributed by atoms with E-state index < -0.39 is 0 Å². The van der Waals surface area contributed by atoms with E-state index in [0.717, 1.165) is 19.6 Å². The maximum Gasteiger partial charge on any atom is 0.276 e. The number of anilines is 2. The van der Waals surface area contributed by atoms with Gasteiger partial charge in [0.2, 0.25) is 0 Å². The van der Waals surface area contributed by atoms with Crippen LogP contribution in [0.15, 0.2) is 11.1 Å². The zero-order valence-corrected chi connectivity index (χ0v) is 11.0. The van der Waals surface area contributed by atoms with Crippen LogP contribution in [0.25, 0.3) is 0 Å². The van der Waals surface area contributed by atoms with Gasteiger partial charge in [-0.15, -0.1) is 0 Å². The van der Waals surface area contributed by atoms with Gasteiger partial charge in [0.05, 0.1) is 6.33 Å². The Bertz CT molecular complexity index is 450. The lowest BCUT2D eigenvalue weighted by Crippen LogP contribution is -2.36. The van der Waals surface area contributed by atoms with Gasteiger partial charge in [0.15, 0.2) is 5.82 Å². The summed E-state index contributed by atoms with van der Waals surface area (Å²) in [5.41, 5.74) is 5.69. The first-order valence-corrected chi connectivity index (χ1v) is 6.30. The third kappa shape index (κ3) is 2.81. The molecule has 0 bridgehead atoms. The summed E-state index contributed by atoms with van der Waals surface area (Å²) in [6.45, 7) is 3.17. The number of aromatic nitrogens is 2. The molecule has 3 N–H and O–H groups in total. The SMILES string of the molecule is CN1CCC(CN(C)c2nc[nH]c(=O)c2N)CC1. The minimum Gasteiger partial charge on any atom is -0.391 e. The van der Waals surface area contributed by atoms with E-state index in [0.29, 0.717) is 11.7 Å². The Morgan fingerprint density at radius 2 is 2.22 bits per heavy atom. The lowest BCUT2D eigenvalue weighted by molar-refractivity contribution is 0.222. The van der Waals surface area contributed by atoms with Crippen molar-refractivity contribution >= 4 is 11.5 Å². The highest BCUT2D eigenvalue weighted by atomic mass is 16.1. The van der Waals surface area contributed by atoms with Gasteiger partial charge in [-0.3, -0.25) is 4.79 Å². The van der Waals surface area contributed by atoms with Crippen LogP contribution >= 0.6 is 0 Å². The molecule has 18 heavy (non-hydrogen) atoms. The minimum atomic E-state index is -0.268. The zero-order chi connectivity index (χ0) is 13.1. The number of H-pyrrole nitrogens is 1. The highest BCUT2D eigenvalue weighted by molar-refractivity contribution is 5.60. The summed E-state index contributed by atoms with van der Waals surface area (Å²) >= 11 is 0. The molecule has 2 rings (SSSR count). The molecule has 1 fully saturated rings. The van der Waals surface area contributed by atoms with Crippen molar-refractivity contribution in [2.45, 2.75) is 12.8 Å². The molecule has 0 atom stereocenters. The molecule has 0 saturated carbocycles. The molecule has 1 aromatic heterocycles. The summed E-state index contributed by atoms with van der Waals surface area (Å²) in [5.74, 6) is 1.23. The summed E-state index contributed by atoms with van der Waals surface area (Å²) in [5, 5.41) is 0. The highest BCUT2D eigenvalue weighted by Gasteiger charge is 2.20. The second kappa shape index (κ2) is 5.39. The zero-order valence-electron chi connectivity index (χ0n) is 11.0. The Kier molecular flexibility index (Phi) is 3.86. The van der Waals surface area contributed by atoms with E-state index in [1.165, 1.54) is 19.2 Å². The second-order valence-electron chi connectivity index (χ2n) is 5.10. The van der Waals surface area contributed by atoms with Gasteiger partial charge in [0.25, 0.3) is 5.56 Å². The first-order valence-electron chi connectivity index (χ1n) is 6.30. The normalized spacial score (nSPS) is 17.9. The van der Waals surface area contributed by atoms with Crippen LogP contribution in [0, 0.1) is 5.92 Å². The lowest BCUT2D eigenvalue weighted by Gasteiger charge is -2.32. The molecule has 0 aromatic carbocycles. The number of piperidine rings is 1. The van der Waals surface area contributed by atoms with Crippen LogP contribution in [0.2, 0.25) is 0 Å². The fraction of sp³-hybridized carbons (Fsp3) is 0.667. The van der Waals surface area contributed by atoms with Crippen LogP contribution in [0.3, 0.4) is 0 Å². The molecule has 6 nitrogen and oxygen atoms in total. The van der Waals surface area contributed by atoms with Crippen molar-refractivity contribution in [3.05, 3.63) is 16.7 Å². The number of aromatic amines is 1. The van der Waals surface area contributed by atoms with Gasteiger partial charge in [-0.1, -0.05) is 0 Å². The predicted octanol–water partition coefficient (Wildman–Crippen LogP) is 0.130. The van der Waals surface area contributed by atoms with E-state index >= 15 is 0 Å². The van der Waals surface area contributed by atoms with E-state index in [9.17, 15) is 4.79 Å². The molecule has 0 amide bonds. The van der Waals surface area contributed by atoms with Crippen LogP contribution in [-0.2, 0) is 0 Å². The molecule has 0 aliphatic carbocycles. The van der Waals surface area contributed by atoms with Crippen molar-refractivity contribution in [2.75, 3.05) is 44.4 Å². The molecule has 6 heteroatoms. The molecule has 1 aliphatic rings. The maximum atomic E-state index is 11.4. The third-order valence-electron chi connectivity index (χ3n) is 3.60. The predicted molar refractivity (Wildman–Crippen MR) is 72.8 cm³/mol. The number of nitrogens with two attached hydrogens (primary N) is 1. The Morgan fingerprint density at radius 1 is 1.56 bits per heavy atom. The van der Waals surface area contributed by atoms with Crippen molar-refractivity contribution in [1.29, 1.82) is 0 Å². The number of rotatable bonds is 3. The fourth-order valence-corrected chi connectivity index (χ4v) is 2.42. The summed E-state index contributed by atoms with van der Waals surface area (Å²) in [7, 11) is 4.09. The number of nitrogens with one attached hydrogen (secondary N) is 1. The van der Waals surface area contributed by atoms with E-state index in [4.69, 9.17) is 5.73 Å². The number of nitrogen functional groups attached to an aromatic ring is 1. The van der Waals surface area contributed by atoms with Gasteiger partial charge < -0.3 is 20.5 Å². The molecule has 1 saturated heterocycles. The molecule has 2 heterocycles. The number of likely N-dealkylation sites (tertiary alicyclic amines) is 1. The Morgan fingerprint density at radius 3 is 2.89 bits per heavy atom. The third-order valence-corrected chi connectivity index (χ3v) is 3.60. The molecular weight excluding hydrogens is 230 g/mol. The quantitative estimate of drug-likeness (QED) is 0.798. The van der Waals surface area contributed by atoms with Crippen molar-refractivity contribution in [3.63, 3.8) is 0 Å². The molecule has 0 unspecified atom stereocenters. The number of nitrogens with zero attached hydrogens (tertiary/aromatic N) is 3. The van der Waals surface area contributed by atoms with E-state index in [1.54, 1.807) is 0 Å². The highest BCUT2D eigenvalue weighted by Crippen LogP contribution is 2.20. The fourth-order valence-electron chi connectivity index (χ4n) is 2.42. The molecule has 100 valence electrons. The van der Waals surface area contributed by atoms with Gasteiger partial charge >= 0.3 is 0 Å². The van der Waals surface area contributed by atoms with Crippen LogP contribution < -0.4 is 16.2 Å². The van der Waals surface area contributed by atoms with Gasteiger partial charge in [-0.2, -0.15) is 0 Å². The smallest absolute Gasteiger partial charge is 0.276 e. The van der Waals surface area contributed by atoms with E-state index in [-0.39, 0.29) is 11.2 Å². The first-order chi connectivity index (χ1) is 8.58. The van der Waals surface area contributed by atoms with Gasteiger partial charge in [0.1, 0.15) is 5.69 Å². The van der Waals surface area contributed by atoms with Gasteiger partial charge in [-0.05, 0) is 38.9 Å². The molecule has 0 radical (unpaired) electrons. The van der Waals surface area contributed by atoms with E-state index in [1.807, 2.05) is 11.9 Å². The number of hydrogen-bond acceptors (Lipinski definition) is 5. The standard InChI is InChI=1S/C12H21N5O/c1-16-5-3-9(4-6-16)7-17(2)11-10(13)12(18)15-8-14-11/h8-9H,3-7,13H2,1-2H3,(H,14,15,18). The van der Waals surface area contributed by atoms with Crippen LogP contribution in [0.4, 0.5) is 11.5 Å². The van der Waals surface area contributed by atoms with Gasteiger partial charge in [0, 0.05) is 13.6 Å². The maximum absolute atomic E-state index is 11.4. The molecule has 1 aromatic rings. The first kappa shape index (κ1) is 12.9. The minimum absolute atomic E-state index is 0.202. The molecular formula is C12H21N5O. The summed E-state index contributed by atoms with van der Waals surface area (Å²) in [6, 6.07) is 0. The summed E-state index contributed by atoms with van der Waals surface area (Å²) < 4.78 is 0. The Hall–Kier alpha value is -1.56. The lowest BCUT2D eigenvalue weighted by atomic mass is 9.97. The molecule has 0 spiro atoms. The average Bonchev–Trinajstić information content (AvgIpc) is 2.35. The molecule has 1 aliphatic heterocycles. The Labute approximate surface area is 107 Å². The second-order valence-corrected chi connectivity index (χ2v) is 5.10. The topological polar surface area (TPSA) is 78.2 Å². The summed E-state index contributed by atoms with van der Waals surface area (Å²) in [6.07, 6.45) is 3.77.